The molecule has 1 aromatic rings. The van der Waals surface area contributed by atoms with Crippen molar-refractivity contribution in [1.82, 2.24) is 14.9 Å². The van der Waals surface area contributed by atoms with Crippen molar-refractivity contribution in [3.8, 4) is 0 Å². The summed E-state index contributed by atoms with van der Waals surface area (Å²) in [6.45, 7) is 6.15. The Morgan fingerprint density at radius 3 is 2.86 bits per heavy atom. The highest BCUT2D eigenvalue weighted by Gasteiger charge is 2.34. The van der Waals surface area contributed by atoms with Crippen LogP contribution in [0.15, 0.2) is 16.0 Å². The van der Waals surface area contributed by atoms with Crippen molar-refractivity contribution in [2.75, 3.05) is 12.8 Å². The molecule has 21 heavy (non-hydrogen) atoms. The molecule has 0 bridgehead atoms. The zero-order chi connectivity index (χ0) is 15.6. The summed E-state index contributed by atoms with van der Waals surface area (Å²) in [5.74, 6) is 0. The lowest BCUT2D eigenvalue weighted by Gasteiger charge is -2.28. The van der Waals surface area contributed by atoms with Gasteiger partial charge in [-0.15, -0.1) is 0 Å². The van der Waals surface area contributed by atoms with Crippen LogP contribution in [0, 0.1) is 0 Å². The number of ether oxygens (including phenoxy) is 1. The molecule has 0 unspecified atom stereocenters. The minimum absolute atomic E-state index is 0.187. The lowest BCUT2D eigenvalue weighted by Crippen LogP contribution is -2.37. The number of H-pyrrole nitrogens is 1. The van der Waals surface area contributed by atoms with E-state index in [0.29, 0.717) is 17.4 Å². The zero-order valence-corrected chi connectivity index (χ0v) is 13.6. The van der Waals surface area contributed by atoms with Gasteiger partial charge in [-0.25, -0.2) is 9.78 Å². The Morgan fingerprint density at radius 1 is 1.52 bits per heavy atom. The second-order valence-electron chi connectivity index (χ2n) is 6.01. The van der Waals surface area contributed by atoms with Crippen LogP contribution in [-0.4, -0.2) is 39.4 Å². The van der Waals surface area contributed by atoms with Crippen molar-refractivity contribution in [2.45, 2.75) is 50.4 Å². The second-order valence-corrected chi connectivity index (χ2v) is 6.81. The van der Waals surface area contributed by atoms with Crippen LogP contribution in [0.1, 0.15) is 45.3 Å². The maximum atomic E-state index is 12.3. The summed E-state index contributed by atoms with van der Waals surface area (Å²) in [6.07, 6.45) is 3.18. The maximum absolute atomic E-state index is 12.3. The van der Waals surface area contributed by atoms with Gasteiger partial charge < -0.3 is 9.72 Å². The summed E-state index contributed by atoms with van der Waals surface area (Å²) < 4.78 is 5.43. The van der Waals surface area contributed by atoms with E-state index in [0.717, 1.165) is 12.8 Å². The molecule has 116 valence electrons. The molecule has 0 spiro atoms. The number of nitrogens with zero attached hydrogens (tertiary/aromatic N) is 2. The molecule has 2 rings (SSSR count). The number of likely N-dealkylation sites (tertiary alicyclic amines) is 1. The highest BCUT2D eigenvalue weighted by atomic mass is 32.2. The molecular formula is C14H21N3O3S. The number of rotatable bonds is 2. The van der Waals surface area contributed by atoms with E-state index in [4.69, 9.17) is 4.74 Å². The average Bonchev–Trinajstić information content (AvgIpc) is 2.85. The van der Waals surface area contributed by atoms with Gasteiger partial charge in [-0.3, -0.25) is 9.69 Å². The van der Waals surface area contributed by atoms with Crippen molar-refractivity contribution in [3.63, 3.8) is 0 Å². The summed E-state index contributed by atoms with van der Waals surface area (Å²) in [5, 5.41) is 0.563. The van der Waals surface area contributed by atoms with Crippen molar-refractivity contribution in [3.05, 3.63) is 22.1 Å². The average molecular weight is 311 g/mol. The number of hydrogen-bond acceptors (Lipinski definition) is 5. The molecule has 0 saturated carbocycles. The number of amides is 1. The van der Waals surface area contributed by atoms with Gasteiger partial charge in [0.1, 0.15) is 5.60 Å². The molecule has 0 radical (unpaired) electrons. The first-order valence-electron chi connectivity index (χ1n) is 6.95. The molecule has 1 amide bonds. The lowest BCUT2D eigenvalue weighted by molar-refractivity contribution is 0.0221. The molecule has 1 aromatic heterocycles. The van der Waals surface area contributed by atoms with Crippen molar-refractivity contribution >= 4 is 17.9 Å². The number of aromatic amines is 1. The summed E-state index contributed by atoms with van der Waals surface area (Å²) in [5.41, 5.74) is -0.0946. The fourth-order valence-electron chi connectivity index (χ4n) is 2.33. The Labute approximate surface area is 128 Å². The van der Waals surface area contributed by atoms with E-state index in [1.54, 1.807) is 4.90 Å². The van der Waals surface area contributed by atoms with E-state index in [9.17, 15) is 9.59 Å². The first kappa shape index (κ1) is 15.9. The summed E-state index contributed by atoms with van der Waals surface area (Å²) in [6, 6.07) is 1.28. The SMILES string of the molecule is CSc1nc([C@@H]2CCCN2C(=O)OC(C)(C)C)cc(=O)[nH]1. The van der Waals surface area contributed by atoms with Gasteiger partial charge in [-0.1, -0.05) is 11.8 Å². The number of thioether (sulfide) groups is 1. The Bertz CT molecular complexity index is 580. The molecule has 1 saturated heterocycles. The van der Waals surface area contributed by atoms with Crippen LogP contribution in [-0.2, 0) is 4.74 Å². The molecular weight excluding hydrogens is 290 g/mol. The van der Waals surface area contributed by atoms with Crippen LogP contribution < -0.4 is 5.56 Å². The maximum Gasteiger partial charge on any atom is 0.410 e. The van der Waals surface area contributed by atoms with Crippen LogP contribution in [0.2, 0.25) is 0 Å². The van der Waals surface area contributed by atoms with E-state index in [-0.39, 0.29) is 17.7 Å². The second kappa shape index (κ2) is 6.09. The smallest absolute Gasteiger partial charge is 0.410 e. The zero-order valence-electron chi connectivity index (χ0n) is 12.8. The van der Waals surface area contributed by atoms with Gasteiger partial charge in [0.2, 0.25) is 0 Å². The Balaban J connectivity index is 2.24. The first-order valence-corrected chi connectivity index (χ1v) is 8.17. The molecule has 1 N–H and O–H groups in total. The molecule has 1 aliphatic rings. The number of aromatic nitrogens is 2. The third-order valence-corrected chi connectivity index (χ3v) is 3.74. The first-order chi connectivity index (χ1) is 9.80. The highest BCUT2D eigenvalue weighted by Crippen LogP contribution is 2.32. The molecule has 1 aliphatic heterocycles. The van der Waals surface area contributed by atoms with Crippen molar-refractivity contribution < 1.29 is 9.53 Å². The molecule has 1 fully saturated rings. The Kier molecular flexibility index (Phi) is 4.61. The van der Waals surface area contributed by atoms with E-state index in [1.165, 1.54) is 17.8 Å². The van der Waals surface area contributed by atoms with Crippen LogP contribution >= 0.6 is 11.8 Å². The third kappa shape index (κ3) is 4.00. The number of hydrogen-bond donors (Lipinski definition) is 1. The van der Waals surface area contributed by atoms with Gasteiger partial charge in [0.05, 0.1) is 11.7 Å². The predicted molar refractivity (Wildman–Crippen MR) is 81.6 cm³/mol. The Hall–Kier alpha value is -1.50. The summed E-state index contributed by atoms with van der Waals surface area (Å²) in [4.78, 5) is 32.7. The van der Waals surface area contributed by atoms with Crippen LogP contribution in [0.5, 0.6) is 0 Å². The monoisotopic (exact) mass is 311 g/mol. The van der Waals surface area contributed by atoms with Crippen LogP contribution in [0.25, 0.3) is 0 Å². The van der Waals surface area contributed by atoms with E-state index in [1.807, 2.05) is 27.0 Å². The normalized spacial score (nSPS) is 18.9. The van der Waals surface area contributed by atoms with E-state index >= 15 is 0 Å². The summed E-state index contributed by atoms with van der Waals surface area (Å²) >= 11 is 1.37. The van der Waals surface area contributed by atoms with E-state index < -0.39 is 5.60 Å². The fraction of sp³-hybridized carbons (Fsp3) is 0.643. The number of nitrogens with one attached hydrogen (secondary N) is 1. The van der Waals surface area contributed by atoms with Gasteiger partial charge in [0.25, 0.3) is 5.56 Å². The molecule has 7 heteroatoms. The number of carbonyl (C=O) groups is 1. The molecule has 2 heterocycles. The van der Waals surface area contributed by atoms with Gasteiger partial charge >= 0.3 is 6.09 Å². The third-order valence-electron chi connectivity index (χ3n) is 3.16. The van der Waals surface area contributed by atoms with E-state index in [2.05, 4.69) is 9.97 Å². The minimum Gasteiger partial charge on any atom is -0.444 e. The van der Waals surface area contributed by atoms with Crippen molar-refractivity contribution in [1.29, 1.82) is 0 Å². The minimum atomic E-state index is -0.532. The standard InChI is InChI=1S/C14H21N3O3S/c1-14(2,3)20-13(19)17-7-5-6-10(17)9-8-11(18)16-12(15-9)21-4/h8,10H,5-7H2,1-4H3,(H,15,16,18)/t10-/m0/s1. The highest BCUT2D eigenvalue weighted by molar-refractivity contribution is 7.98. The molecule has 6 nitrogen and oxygen atoms in total. The summed E-state index contributed by atoms with van der Waals surface area (Å²) in [7, 11) is 0. The Morgan fingerprint density at radius 2 is 2.24 bits per heavy atom. The largest absolute Gasteiger partial charge is 0.444 e. The van der Waals surface area contributed by atoms with Crippen LogP contribution in [0.3, 0.4) is 0 Å². The predicted octanol–water partition coefficient (Wildman–Crippen LogP) is 2.56. The molecule has 0 aliphatic carbocycles. The van der Waals surface area contributed by atoms with Gasteiger partial charge in [-0.05, 0) is 39.9 Å². The number of carbonyl (C=O) groups excluding carboxylic acids is 1. The van der Waals surface area contributed by atoms with Gasteiger partial charge in [0, 0.05) is 12.6 Å². The van der Waals surface area contributed by atoms with Crippen molar-refractivity contribution in [2.24, 2.45) is 0 Å². The fourth-order valence-corrected chi connectivity index (χ4v) is 2.73. The lowest BCUT2D eigenvalue weighted by atomic mass is 10.1. The van der Waals surface area contributed by atoms with Crippen LogP contribution in [0.4, 0.5) is 4.79 Å². The van der Waals surface area contributed by atoms with Gasteiger partial charge in [-0.2, -0.15) is 0 Å². The molecule has 1 atom stereocenters. The van der Waals surface area contributed by atoms with Gasteiger partial charge in [0.15, 0.2) is 5.16 Å². The molecule has 0 aromatic carbocycles. The quantitative estimate of drug-likeness (QED) is 0.671. The topological polar surface area (TPSA) is 75.3 Å².